The van der Waals surface area contributed by atoms with E-state index in [1.54, 1.807) is 6.92 Å². The molecule has 2 aromatic rings. The van der Waals surface area contributed by atoms with Crippen LogP contribution in [0.25, 0.3) is 11.0 Å². The van der Waals surface area contributed by atoms with E-state index < -0.39 is 11.5 Å². The van der Waals surface area contributed by atoms with Crippen molar-refractivity contribution in [1.29, 1.82) is 0 Å². The van der Waals surface area contributed by atoms with Gasteiger partial charge < -0.3 is 9.67 Å². The van der Waals surface area contributed by atoms with E-state index in [-0.39, 0.29) is 0 Å². The van der Waals surface area contributed by atoms with Crippen LogP contribution in [0.3, 0.4) is 0 Å². The van der Waals surface area contributed by atoms with Crippen LogP contribution < -0.4 is 5.32 Å². The number of aryl methyl sites for hydroxylation is 1. The van der Waals surface area contributed by atoms with Crippen molar-refractivity contribution in [2.75, 3.05) is 0 Å². The van der Waals surface area contributed by atoms with Crippen LogP contribution in [0.15, 0.2) is 24.3 Å². The number of rotatable bonds is 5. The Bertz CT molecular complexity index is 660. The van der Waals surface area contributed by atoms with E-state index >= 15 is 0 Å². The number of carboxylic acid groups (broad SMARTS) is 1. The predicted octanol–water partition coefficient (Wildman–Crippen LogP) is 1.94. The third-order valence-corrected chi connectivity index (χ3v) is 3.89. The Morgan fingerprint density at radius 2 is 2.20 bits per heavy atom. The first kappa shape index (κ1) is 13.1. The van der Waals surface area contributed by atoms with Gasteiger partial charge in [0.05, 0.1) is 17.6 Å². The van der Waals surface area contributed by atoms with Gasteiger partial charge in [0.2, 0.25) is 0 Å². The van der Waals surface area contributed by atoms with Crippen LogP contribution in [0.5, 0.6) is 0 Å². The zero-order valence-electron chi connectivity index (χ0n) is 11.8. The van der Waals surface area contributed by atoms with E-state index in [0.29, 0.717) is 12.6 Å². The zero-order chi connectivity index (χ0) is 14.3. The summed E-state index contributed by atoms with van der Waals surface area (Å²) in [5.74, 6) is 0.0258. The van der Waals surface area contributed by atoms with Gasteiger partial charge in [-0.25, -0.2) is 4.98 Å². The molecule has 1 aliphatic rings. The lowest BCUT2D eigenvalue weighted by atomic mass is 10.0. The summed E-state index contributed by atoms with van der Waals surface area (Å²) in [6, 6.07) is 8.16. The number of aliphatic carboxylic acids is 1. The van der Waals surface area contributed by atoms with E-state index in [1.165, 1.54) is 0 Å². The highest BCUT2D eigenvalue weighted by Gasteiger charge is 2.39. The molecule has 5 nitrogen and oxygen atoms in total. The summed E-state index contributed by atoms with van der Waals surface area (Å²) in [4.78, 5) is 16.2. The standard InChI is InChI=1S/C15H19N3O2/c1-10-16-12-5-3-4-6-13(12)18(10)9-15(2,14(19)20)17-11-7-8-11/h3-6,11,17H,7-9H2,1-2H3,(H,19,20). The summed E-state index contributed by atoms with van der Waals surface area (Å²) in [6.07, 6.45) is 2.12. The molecule has 20 heavy (non-hydrogen) atoms. The Kier molecular flexibility index (Phi) is 3.01. The molecule has 1 heterocycles. The van der Waals surface area contributed by atoms with E-state index in [0.717, 1.165) is 29.7 Å². The van der Waals surface area contributed by atoms with E-state index in [4.69, 9.17) is 0 Å². The number of hydrogen-bond donors (Lipinski definition) is 2. The second kappa shape index (κ2) is 4.59. The van der Waals surface area contributed by atoms with Gasteiger partial charge in [-0.3, -0.25) is 10.1 Å². The topological polar surface area (TPSA) is 67.2 Å². The molecule has 0 radical (unpaired) electrons. The maximum absolute atomic E-state index is 11.7. The van der Waals surface area contributed by atoms with Crippen LogP contribution >= 0.6 is 0 Å². The largest absolute Gasteiger partial charge is 0.480 e. The number of hydrogen-bond acceptors (Lipinski definition) is 3. The summed E-state index contributed by atoms with van der Waals surface area (Å²) in [5, 5.41) is 12.8. The molecule has 2 N–H and O–H groups in total. The number of aromatic nitrogens is 2. The van der Waals surface area contributed by atoms with Crippen molar-refractivity contribution in [2.24, 2.45) is 0 Å². The Morgan fingerprint density at radius 1 is 1.50 bits per heavy atom. The molecule has 1 unspecified atom stereocenters. The van der Waals surface area contributed by atoms with Crippen molar-refractivity contribution in [3.8, 4) is 0 Å². The fourth-order valence-electron chi connectivity index (χ4n) is 2.56. The van der Waals surface area contributed by atoms with Crippen LogP contribution in [0.2, 0.25) is 0 Å². The Morgan fingerprint density at radius 3 is 2.85 bits per heavy atom. The van der Waals surface area contributed by atoms with E-state index in [2.05, 4.69) is 10.3 Å². The molecule has 1 aliphatic carbocycles. The highest BCUT2D eigenvalue weighted by Crippen LogP contribution is 2.25. The minimum absolute atomic E-state index is 0.339. The molecule has 1 aromatic heterocycles. The van der Waals surface area contributed by atoms with Crippen molar-refractivity contribution in [3.63, 3.8) is 0 Å². The van der Waals surface area contributed by atoms with Crippen LogP contribution in [0.1, 0.15) is 25.6 Å². The smallest absolute Gasteiger partial charge is 0.325 e. The van der Waals surface area contributed by atoms with Gasteiger partial charge in [-0.2, -0.15) is 0 Å². The maximum atomic E-state index is 11.7. The van der Waals surface area contributed by atoms with Crippen LogP contribution in [0, 0.1) is 6.92 Å². The molecular weight excluding hydrogens is 254 g/mol. The van der Waals surface area contributed by atoms with Crippen molar-refractivity contribution >= 4 is 17.0 Å². The Labute approximate surface area is 117 Å². The molecular formula is C15H19N3O2. The van der Waals surface area contributed by atoms with Crippen LogP contribution in [0.4, 0.5) is 0 Å². The normalized spacial score (nSPS) is 18.1. The number of benzene rings is 1. The molecule has 106 valence electrons. The van der Waals surface area contributed by atoms with Gasteiger partial charge in [-0.05, 0) is 38.8 Å². The molecule has 1 atom stereocenters. The SMILES string of the molecule is Cc1nc2ccccc2n1CC(C)(NC1CC1)C(=O)O. The molecule has 0 spiro atoms. The third-order valence-electron chi connectivity index (χ3n) is 3.89. The molecule has 0 saturated heterocycles. The molecule has 1 saturated carbocycles. The quantitative estimate of drug-likeness (QED) is 0.873. The van der Waals surface area contributed by atoms with Crippen molar-refractivity contribution in [2.45, 2.75) is 44.8 Å². The van der Waals surface area contributed by atoms with Gasteiger partial charge in [0.15, 0.2) is 0 Å². The lowest BCUT2D eigenvalue weighted by Crippen LogP contribution is -2.53. The van der Waals surface area contributed by atoms with Gasteiger partial charge >= 0.3 is 5.97 Å². The fourth-order valence-corrected chi connectivity index (χ4v) is 2.56. The first-order valence-corrected chi connectivity index (χ1v) is 6.92. The second-order valence-electron chi connectivity index (χ2n) is 5.79. The average Bonchev–Trinajstić information content (AvgIpc) is 3.15. The first-order chi connectivity index (χ1) is 9.49. The number of nitrogens with zero attached hydrogens (tertiary/aromatic N) is 2. The fraction of sp³-hybridized carbons (Fsp3) is 0.467. The average molecular weight is 273 g/mol. The third kappa shape index (κ3) is 2.29. The minimum atomic E-state index is -0.963. The summed E-state index contributed by atoms with van der Waals surface area (Å²) >= 11 is 0. The molecule has 0 bridgehead atoms. The molecule has 3 rings (SSSR count). The number of nitrogens with one attached hydrogen (secondary N) is 1. The first-order valence-electron chi connectivity index (χ1n) is 6.92. The highest BCUT2D eigenvalue weighted by molar-refractivity contribution is 5.80. The number of carbonyl (C=O) groups is 1. The predicted molar refractivity (Wildman–Crippen MR) is 76.7 cm³/mol. The molecule has 0 aliphatic heterocycles. The van der Waals surface area contributed by atoms with Crippen molar-refractivity contribution in [3.05, 3.63) is 30.1 Å². The number of para-hydroxylation sites is 2. The lowest BCUT2D eigenvalue weighted by Gasteiger charge is -2.27. The number of fused-ring (bicyclic) bond motifs is 1. The summed E-state index contributed by atoms with van der Waals surface area (Å²) in [5.41, 5.74) is 0.925. The zero-order valence-corrected chi connectivity index (χ0v) is 11.8. The van der Waals surface area contributed by atoms with Crippen molar-refractivity contribution < 1.29 is 9.90 Å². The van der Waals surface area contributed by atoms with E-state index in [9.17, 15) is 9.90 Å². The monoisotopic (exact) mass is 273 g/mol. The lowest BCUT2D eigenvalue weighted by molar-refractivity contribution is -0.144. The highest BCUT2D eigenvalue weighted by atomic mass is 16.4. The summed E-state index contributed by atoms with van der Waals surface area (Å²) in [7, 11) is 0. The molecule has 5 heteroatoms. The maximum Gasteiger partial charge on any atom is 0.325 e. The van der Waals surface area contributed by atoms with Crippen LogP contribution in [-0.4, -0.2) is 32.2 Å². The van der Waals surface area contributed by atoms with Crippen molar-refractivity contribution in [1.82, 2.24) is 14.9 Å². The summed E-state index contributed by atoms with van der Waals surface area (Å²) < 4.78 is 1.98. The number of imidazole rings is 1. The summed E-state index contributed by atoms with van der Waals surface area (Å²) in [6.45, 7) is 4.05. The molecule has 1 fully saturated rings. The van der Waals surface area contributed by atoms with Gasteiger partial charge in [0.25, 0.3) is 0 Å². The Balaban J connectivity index is 1.97. The van der Waals surface area contributed by atoms with Gasteiger partial charge in [0.1, 0.15) is 11.4 Å². The Hall–Kier alpha value is -1.88. The molecule has 0 amide bonds. The van der Waals surface area contributed by atoms with Crippen LogP contribution in [-0.2, 0) is 11.3 Å². The van der Waals surface area contributed by atoms with Gasteiger partial charge in [-0.1, -0.05) is 12.1 Å². The second-order valence-corrected chi connectivity index (χ2v) is 5.79. The molecule has 1 aromatic carbocycles. The van der Waals surface area contributed by atoms with Gasteiger partial charge in [0, 0.05) is 6.04 Å². The van der Waals surface area contributed by atoms with E-state index in [1.807, 2.05) is 35.8 Å². The number of carboxylic acids is 1. The minimum Gasteiger partial charge on any atom is -0.480 e. The van der Waals surface area contributed by atoms with Gasteiger partial charge in [-0.15, -0.1) is 0 Å².